The molecule has 0 radical (unpaired) electrons. The molecule has 0 aromatic heterocycles. The normalized spacial score (nSPS) is 54.7. The third kappa shape index (κ3) is 9.60. The average molecular weight is 1160 g/mol. The molecule has 5 aliphatic carbocycles. The van der Waals surface area contributed by atoms with Crippen LogP contribution in [0, 0.1) is 50.2 Å². The molecule has 464 valence electrons. The monoisotopic (exact) mass is 1160 g/mol. The van der Waals surface area contributed by atoms with Crippen LogP contribution in [0.15, 0.2) is 0 Å². The van der Waals surface area contributed by atoms with Crippen LogP contribution in [0.4, 0.5) is 0 Å². The maximum atomic E-state index is 12.9. The number of carbonyl (C=O) groups is 2. The van der Waals surface area contributed by atoms with Crippen LogP contribution in [0.25, 0.3) is 0 Å². The molecule has 30 atom stereocenters. The van der Waals surface area contributed by atoms with Crippen LogP contribution in [0.5, 0.6) is 0 Å². The van der Waals surface area contributed by atoms with E-state index in [2.05, 4.69) is 34.6 Å². The lowest BCUT2D eigenvalue weighted by molar-refractivity contribution is -0.392. The Morgan fingerprint density at radius 3 is 1.78 bits per heavy atom. The van der Waals surface area contributed by atoms with Gasteiger partial charge in [-0.05, 0) is 79.4 Å². The number of esters is 2. The smallest absolute Gasteiger partial charge is 0.303 e. The molecular weight excluding hydrogens is 1070 g/mol. The van der Waals surface area contributed by atoms with Gasteiger partial charge in [0.15, 0.2) is 25.2 Å². The summed E-state index contributed by atoms with van der Waals surface area (Å²) < 4.78 is 68.2. The molecule has 12 N–H and O–H groups in total. The van der Waals surface area contributed by atoms with Crippen molar-refractivity contribution in [1.82, 2.24) is 0 Å². The topological polar surface area (TPSA) is 378 Å². The third-order valence-electron chi connectivity index (χ3n) is 22.6. The summed E-state index contributed by atoms with van der Waals surface area (Å²) in [4.78, 5) is 25.5. The van der Waals surface area contributed by atoms with E-state index in [4.69, 9.17) is 52.1 Å². The molecule has 5 saturated heterocycles. The molecule has 0 amide bonds. The zero-order chi connectivity index (χ0) is 59.1. The Kier molecular flexibility index (Phi) is 16.9. The summed E-state index contributed by atoms with van der Waals surface area (Å²) in [6.45, 7) is 15.7. The Labute approximate surface area is 471 Å². The highest BCUT2D eigenvalue weighted by atomic mass is 16.8. The van der Waals surface area contributed by atoms with Gasteiger partial charge in [-0.25, -0.2) is 0 Å². The minimum atomic E-state index is -1.91. The zero-order valence-corrected chi connectivity index (χ0v) is 47.8. The fourth-order valence-electron chi connectivity index (χ4n) is 18.3. The van der Waals surface area contributed by atoms with Gasteiger partial charge in [0.1, 0.15) is 97.7 Å². The number of aliphatic hydroxyl groups excluding tert-OH is 12. The first-order valence-electron chi connectivity index (χ1n) is 29.1. The Bertz CT molecular complexity index is 2270. The summed E-state index contributed by atoms with van der Waals surface area (Å²) in [6, 6.07) is 0. The molecule has 10 aliphatic rings. The van der Waals surface area contributed by atoms with Gasteiger partial charge in [-0.3, -0.25) is 9.59 Å². The molecule has 25 heteroatoms. The lowest BCUT2D eigenvalue weighted by Crippen LogP contribution is -2.77. The van der Waals surface area contributed by atoms with Crippen LogP contribution < -0.4 is 0 Å². The van der Waals surface area contributed by atoms with E-state index in [-0.39, 0.29) is 35.2 Å². The van der Waals surface area contributed by atoms with E-state index in [0.29, 0.717) is 32.1 Å². The van der Waals surface area contributed by atoms with Gasteiger partial charge in [-0.1, -0.05) is 48.5 Å². The molecule has 25 nitrogen and oxygen atoms in total. The summed E-state index contributed by atoms with van der Waals surface area (Å²) in [5, 5.41) is 131. The molecule has 10 fully saturated rings. The quantitative estimate of drug-likeness (QED) is 0.0743. The van der Waals surface area contributed by atoms with Crippen LogP contribution in [0.1, 0.15) is 114 Å². The second kappa shape index (κ2) is 22.1. The van der Waals surface area contributed by atoms with Gasteiger partial charge < -0.3 is 113 Å². The lowest BCUT2D eigenvalue weighted by atomic mass is 9.30. The molecular formula is C56H90O25. The van der Waals surface area contributed by atoms with Crippen molar-refractivity contribution in [1.29, 1.82) is 0 Å². The van der Waals surface area contributed by atoms with Crippen LogP contribution in [-0.4, -0.2) is 247 Å². The maximum Gasteiger partial charge on any atom is 0.303 e. The zero-order valence-electron chi connectivity index (χ0n) is 47.8. The van der Waals surface area contributed by atoms with Crippen molar-refractivity contribution in [3.63, 3.8) is 0 Å². The van der Waals surface area contributed by atoms with Crippen LogP contribution in [0.2, 0.25) is 0 Å². The SMILES string of the molecule is CC(=O)OC1C(OC(C)=O)C23COC4(CCC5C6(C)CCC(OC7OCC(OC8OC(CO)C(O)C(O)C8OC8OCC(O)C(O)C8O)C(O)C7OC7OC(CO)C(O)C(O)C7O)C(C)(C)C6CCC5(C)C4(C)CC2O)C3CC1(C)C. The van der Waals surface area contributed by atoms with E-state index in [0.717, 1.165) is 19.3 Å². The fraction of sp³-hybridized carbons (Fsp3) is 0.964. The first-order chi connectivity index (χ1) is 37.9. The van der Waals surface area contributed by atoms with Gasteiger partial charge in [-0.15, -0.1) is 0 Å². The summed E-state index contributed by atoms with van der Waals surface area (Å²) >= 11 is 0. The minimum absolute atomic E-state index is 0.0510. The summed E-state index contributed by atoms with van der Waals surface area (Å²) in [5.41, 5.74) is -4.10. The molecule has 30 unspecified atom stereocenters. The highest BCUT2D eigenvalue weighted by Crippen LogP contribution is 2.81. The Morgan fingerprint density at radius 2 is 1.12 bits per heavy atom. The van der Waals surface area contributed by atoms with E-state index in [9.17, 15) is 70.9 Å². The standard InChI is InChI=1S/C56H90O25/c1-23(59)74-44-45(75-24(2)60)55-22-73-56(31(55)16-50(44,3)4)15-11-30-52(7)13-12-33(51(5,6)29(52)10-14-53(30,8)54(56,9)17-32(55)62)79-48-42(81-47-41(70)38(67)35(64)26(18-57)76-47)37(66)28(21-72-48)78-49-43(39(68)36(65)27(19-58)77-49)80-46-40(69)34(63)25(61)20-71-46/h25-49,57-58,61-70H,10-22H2,1-9H3. The Morgan fingerprint density at radius 1 is 0.543 bits per heavy atom. The number of rotatable bonds is 12. The Hall–Kier alpha value is -1.90. The van der Waals surface area contributed by atoms with Crippen molar-refractivity contribution in [2.75, 3.05) is 33.0 Å². The van der Waals surface area contributed by atoms with Gasteiger partial charge >= 0.3 is 11.9 Å². The van der Waals surface area contributed by atoms with Gasteiger partial charge in [0.25, 0.3) is 0 Å². The van der Waals surface area contributed by atoms with Gasteiger partial charge in [0.05, 0.1) is 56.3 Å². The first-order valence-corrected chi connectivity index (χ1v) is 29.1. The fourth-order valence-corrected chi connectivity index (χ4v) is 18.3. The van der Waals surface area contributed by atoms with E-state index in [1.807, 2.05) is 13.8 Å². The van der Waals surface area contributed by atoms with Crippen molar-refractivity contribution in [2.45, 2.75) is 254 Å². The van der Waals surface area contributed by atoms with Gasteiger partial charge in [0.2, 0.25) is 0 Å². The van der Waals surface area contributed by atoms with E-state index in [1.54, 1.807) is 0 Å². The van der Waals surface area contributed by atoms with Crippen molar-refractivity contribution in [3.8, 4) is 0 Å². The maximum absolute atomic E-state index is 12.9. The second-order valence-electron chi connectivity index (χ2n) is 27.5. The molecule has 5 saturated carbocycles. The number of hydrogen-bond acceptors (Lipinski definition) is 25. The van der Waals surface area contributed by atoms with E-state index in [1.165, 1.54) is 13.8 Å². The van der Waals surface area contributed by atoms with Gasteiger partial charge in [0, 0.05) is 30.6 Å². The summed E-state index contributed by atoms with van der Waals surface area (Å²) in [6.07, 6.45) is -28.4. The number of hydrogen-bond donors (Lipinski definition) is 12. The molecule has 10 rings (SSSR count). The third-order valence-corrected chi connectivity index (χ3v) is 22.6. The molecule has 1 spiro atoms. The van der Waals surface area contributed by atoms with E-state index >= 15 is 0 Å². The second-order valence-corrected chi connectivity index (χ2v) is 27.5. The molecule has 0 aromatic carbocycles. The van der Waals surface area contributed by atoms with Crippen molar-refractivity contribution >= 4 is 11.9 Å². The predicted octanol–water partition coefficient (Wildman–Crippen LogP) is -1.99. The molecule has 0 aromatic rings. The highest BCUT2D eigenvalue weighted by molar-refractivity contribution is 5.68. The van der Waals surface area contributed by atoms with Gasteiger partial charge in [-0.2, -0.15) is 0 Å². The largest absolute Gasteiger partial charge is 0.458 e. The molecule has 5 aliphatic heterocycles. The molecule has 2 bridgehead atoms. The van der Waals surface area contributed by atoms with Crippen LogP contribution in [-0.2, 0) is 61.7 Å². The van der Waals surface area contributed by atoms with Crippen LogP contribution >= 0.6 is 0 Å². The highest BCUT2D eigenvalue weighted by Gasteiger charge is 2.83. The lowest BCUT2D eigenvalue weighted by Gasteiger charge is -2.75. The van der Waals surface area contributed by atoms with Crippen LogP contribution in [0.3, 0.4) is 0 Å². The first kappa shape index (κ1) is 62.2. The van der Waals surface area contributed by atoms with Crippen molar-refractivity contribution in [3.05, 3.63) is 0 Å². The van der Waals surface area contributed by atoms with Crippen molar-refractivity contribution in [2.24, 2.45) is 50.2 Å². The Balaban J connectivity index is 0.907. The number of fused-ring (bicyclic) bond motifs is 4. The summed E-state index contributed by atoms with van der Waals surface area (Å²) in [5.74, 6) is -1.05. The molecule has 81 heavy (non-hydrogen) atoms. The van der Waals surface area contributed by atoms with Crippen molar-refractivity contribution < 1.29 is 123 Å². The predicted molar refractivity (Wildman–Crippen MR) is 272 cm³/mol. The molecule has 5 heterocycles. The number of carbonyl (C=O) groups excluding carboxylic acids is 2. The number of aliphatic hydroxyl groups is 12. The minimum Gasteiger partial charge on any atom is -0.458 e. The van der Waals surface area contributed by atoms with E-state index < -0.39 is 201 Å². The average Bonchev–Trinajstić information content (AvgIpc) is 2.82. The summed E-state index contributed by atoms with van der Waals surface area (Å²) in [7, 11) is 0. The number of ether oxygens (including phenoxy) is 11.